The zero-order valence-corrected chi connectivity index (χ0v) is 24.9. The maximum atomic E-state index is 14.1. The number of hydrogen-bond acceptors (Lipinski definition) is 10. The second kappa shape index (κ2) is 11.4. The Kier molecular flexibility index (Phi) is 8.12. The number of nitrogens with two attached hydrogens (primary N) is 1. The first-order valence-electron chi connectivity index (χ1n) is 14.5. The number of nitrogens with one attached hydrogen (secondary N) is 1. The molecule has 7 N–H and O–H groups in total. The molecule has 3 aliphatic carbocycles. The summed E-state index contributed by atoms with van der Waals surface area (Å²) in [6.07, 6.45) is -0.415. The van der Waals surface area contributed by atoms with Crippen LogP contribution in [0.4, 0.5) is 5.69 Å². The summed E-state index contributed by atoms with van der Waals surface area (Å²) in [4.78, 5) is 43.3. The van der Waals surface area contributed by atoms with Crippen LogP contribution in [0.1, 0.15) is 28.7 Å². The number of rotatable bonds is 8. The largest absolute Gasteiger partial charge is 0.507 e. The molecule has 3 aliphatic rings. The number of likely N-dealkylation sites (N-methyl/N-ethyl adjacent to an activating group) is 1. The molecule has 0 bridgehead atoms. The molecule has 230 valence electrons. The lowest BCUT2D eigenvalue weighted by molar-refractivity contribution is -0.184. The number of phenols is 1. The summed E-state index contributed by atoms with van der Waals surface area (Å²) in [5.41, 5.74) is 5.78. The van der Waals surface area contributed by atoms with Gasteiger partial charge in [0.1, 0.15) is 17.4 Å². The van der Waals surface area contributed by atoms with Gasteiger partial charge in [-0.1, -0.05) is 30.3 Å². The van der Waals surface area contributed by atoms with Crippen molar-refractivity contribution in [3.05, 3.63) is 64.2 Å². The monoisotopic (exact) mass is 592 g/mol. The van der Waals surface area contributed by atoms with E-state index in [0.29, 0.717) is 24.2 Å². The average Bonchev–Trinajstić information content (AvgIpc) is 2.94. The zero-order chi connectivity index (χ0) is 31.4. The Morgan fingerprint density at radius 1 is 1.12 bits per heavy atom. The van der Waals surface area contributed by atoms with Gasteiger partial charge in [-0.25, -0.2) is 0 Å². The molecular weight excluding hydrogens is 552 g/mol. The average molecular weight is 593 g/mol. The summed E-state index contributed by atoms with van der Waals surface area (Å²) in [5, 5.41) is 49.2. The maximum absolute atomic E-state index is 14.1. The lowest BCUT2D eigenvalue weighted by Gasteiger charge is -2.53. The Labute approximate surface area is 250 Å². The van der Waals surface area contributed by atoms with E-state index in [9.17, 15) is 34.8 Å². The number of ketones is 2. The van der Waals surface area contributed by atoms with E-state index in [2.05, 4.69) is 5.32 Å². The van der Waals surface area contributed by atoms with Crippen molar-refractivity contribution in [3.63, 3.8) is 0 Å². The number of carbonyl (C=O) groups excluding carboxylic acids is 3. The maximum Gasteiger partial charge on any atom is 0.230 e. The summed E-state index contributed by atoms with van der Waals surface area (Å²) in [6.45, 7) is 0.932. The number of carbonyl (C=O) groups is 3. The number of nitrogens with zero attached hydrogens (tertiary/aromatic N) is 2. The highest BCUT2D eigenvalue weighted by molar-refractivity contribution is 6.25. The lowest BCUT2D eigenvalue weighted by atomic mass is 9.54. The summed E-state index contributed by atoms with van der Waals surface area (Å²) >= 11 is 0. The molecule has 11 nitrogen and oxygen atoms in total. The van der Waals surface area contributed by atoms with Gasteiger partial charge in [-0.2, -0.15) is 0 Å². The Morgan fingerprint density at radius 3 is 2.40 bits per heavy atom. The van der Waals surface area contributed by atoms with Gasteiger partial charge in [0, 0.05) is 49.4 Å². The first-order valence-corrected chi connectivity index (χ1v) is 14.5. The topological polar surface area (TPSA) is 177 Å². The summed E-state index contributed by atoms with van der Waals surface area (Å²) < 4.78 is 0. The van der Waals surface area contributed by atoms with E-state index < -0.39 is 58.7 Å². The van der Waals surface area contributed by atoms with E-state index in [1.54, 1.807) is 19.0 Å². The molecule has 2 saturated carbocycles. The SMILES string of the molecule is CN(C)c1cc(CNCCc2ccccc2)c(O)c2c1C[C@@H]1C[C@@H]3[C@@H](N(C)C)C(O)C(C(N)=O)C(=O)[C@]3(O)C(=O)C1=C2O. The van der Waals surface area contributed by atoms with Crippen molar-refractivity contribution < 1.29 is 34.8 Å². The molecular formula is C32H40N4O7. The van der Waals surface area contributed by atoms with Crippen molar-refractivity contribution in [2.24, 2.45) is 23.5 Å². The minimum absolute atomic E-state index is 0.0780. The molecule has 2 aromatic rings. The summed E-state index contributed by atoms with van der Waals surface area (Å²) in [6, 6.07) is 10.9. The van der Waals surface area contributed by atoms with Crippen molar-refractivity contribution in [3.8, 4) is 5.75 Å². The third-order valence-electron chi connectivity index (χ3n) is 9.37. The Bertz CT molecular complexity index is 1490. The molecule has 0 radical (unpaired) electrons. The van der Waals surface area contributed by atoms with Crippen molar-refractivity contribution >= 4 is 28.9 Å². The fourth-order valence-electron chi connectivity index (χ4n) is 7.34. The second-order valence-electron chi connectivity index (χ2n) is 12.4. The van der Waals surface area contributed by atoms with Gasteiger partial charge in [-0.15, -0.1) is 0 Å². The van der Waals surface area contributed by atoms with E-state index in [0.717, 1.165) is 12.1 Å². The zero-order valence-electron chi connectivity index (χ0n) is 24.9. The van der Waals surface area contributed by atoms with E-state index in [4.69, 9.17) is 5.73 Å². The number of benzene rings is 2. The third kappa shape index (κ3) is 4.90. The minimum atomic E-state index is -2.68. The fourth-order valence-corrected chi connectivity index (χ4v) is 7.34. The Balaban J connectivity index is 1.55. The molecule has 0 spiro atoms. The number of hydrogen-bond donors (Lipinski definition) is 6. The molecule has 0 aliphatic heterocycles. The quantitative estimate of drug-likeness (QED) is 0.187. The van der Waals surface area contributed by atoms with Crippen molar-refractivity contribution in [2.45, 2.75) is 43.6 Å². The molecule has 0 aromatic heterocycles. The van der Waals surface area contributed by atoms with E-state index in [1.165, 1.54) is 5.56 Å². The van der Waals surface area contributed by atoms with Crippen LogP contribution in [0.25, 0.3) is 5.76 Å². The van der Waals surface area contributed by atoms with E-state index in [1.807, 2.05) is 55.4 Å². The highest BCUT2D eigenvalue weighted by atomic mass is 16.3. The molecule has 11 heteroatoms. The number of Topliss-reactive ketones (excluding diaryl/α,β-unsaturated/α-hetero) is 2. The molecule has 5 rings (SSSR count). The molecule has 0 heterocycles. The molecule has 1 amide bonds. The number of amides is 1. The van der Waals surface area contributed by atoms with Crippen LogP contribution in [-0.4, -0.2) is 95.3 Å². The highest BCUT2D eigenvalue weighted by Gasteiger charge is 2.67. The summed E-state index contributed by atoms with van der Waals surface area (Å²) in [7, 11) is 6.96. The summed E-state index contributed by atoms with van der Waals surface area (Å²) in [5.74, 6) is -7.48. The number of anilines is 1. The van der Waals surface area contributed by atoms with Gasteiger partial charge in [0.15, 0.2) is 11.4 Å². The van der Waals surface area contributed by atoms with Crippen LogP contribution < -0.4 is 16.0 Å². The number of aliphatic hydroxyl groups excluding tert-OH is 2. The van der Waals surface area contributed by atoms with Crippen LogP contribution in [0, 0.1) is 17.8 Å². The van der Waals surface area contributed by atoms with Gasteiger partial charge in [0.05, 0.1) is 11.7 Å². The first kappa shape index (κ1) is 30.7. The predicted octanol–water partition coefficient (Wildman–Crippen LogP) is 0.527. The van der Waals surface area contributed by atoms with Gasteiger partial charge in [-0.3, -0.25) is 14.4 Å². The van der Waals surface area contributed by atoms with Crippen LogP contribution in [0.3, 0.4) is 0 Å². The van der Waals surface area contributed by atoms with Crippen LogP contribution >= 0.6 is 0 Å². The van der Waals surface area contributed by atoms with Crippen LogP contribution in [0.15, 0.2) is 42.0 Å². The minimum Gasteiger partial charge on any atom is -0.507 e. The van der Waals surface area contributed by atoms with Gasteiger partial charge in [-0.05, 0) is 63.0 Å². The predicted molar refractivity (Wildman–Crippen MR) is 160 cm³/mol. The van der Waals surface area contributed by atoms with Crippen molar-refractivity contribution in [1.82, 2.24) is 10.2 Å². The van der Waals surface area contributed by atoms with Crippen LogP contribution in [0.2, 0.25) is 0 Å². The normalized spacial score (nSPS) is 28.4. The van der Waals surface area contributed by atoms with Gasteiger partial charge in [0.25, 0.3) is 0 Å². The van der Waals surface area contributed by atoms with Gasteiger partial charge in [0.2, 0.25) is 11.7 Å². The molecule has 2 fully saturated rings. The Hall–Kier alpha value is -3.77. The van der Waals surface area contributed by atoms with Gasteiger partial charge < -0.3 is 41.3 Å². The fraction of sp³-hybridized carbons (Fsp3) is 0.469. The lowest BCUT2D eigenvalue weighted by Crippen LogP contribution is -2.73. The second-order valence-corrected chi connectivity index (χ2v) is 12.4. The van der Waals surface area contributed by atoms with E-state index in [-0.39, 0.29) is 29.7 Å². The molecule has 2 aromatic carbocycles. The molecule has 6 atom stereocenters. The van der Waals surface area contributed by atoms with Gasteiger partial charge >= 0.3 is 0 Å². The standard InChI is InChI=1S/C32H40N4O7/c1-35(2)21-14-18(15-34-11-10-16-8-6-5-7-9-16)26(37)23-19(21)12-17-13-20-25(36(3)4)28(39)24(31(33)42)30(41)32(20,43)29(40)22(17)27(23)38/h5-9,14,17,20,24-25,28,34,37-39,43H,10-13,15H2,1-4H3,(H2,33,42)/t17-,20-,24?,25-,28?,32-/m1/s1. The number of aliphatic hydroxyl groups is 3. The molecule has 0 saturated heterocycles. The smallest absolute Gasteiger partial charge is 0.230 e. The van der Waals surface area contributed by atoms with Crippen molar-refractivity contribution in [1.29, 1.82) is 0 Å². The number of primary amides is 1. The third-order valence-corrected chi connectivity index (χ3v) is 9.37. The Morgan fingerprint density at radius 2 is 1.79 bits per heavy atom. The number of aromatic hydroxyl groups is 1. The van der Waals surface area contributed by atoms with Crippen LogP contribution in [0.5, 0.6) is 5.75 Å². The first-order chi connectivity index (χ1) is 20.3. The van der Waals surface area contributed by atoms with Crippen molar-refractivity contribution in [2.75, 3.05) is 39.6 Å². The molecule has 43 heavy (non-hydrogen) atoms. The highest BCUT2D eigenvalue weighted by Crippen LogP contribution is 2.53. The molecule has 2 unspecified atom stereocenters. The number of phenolic OH excluding ortho intramolecular Hbond substituents is 1. The number of fused-ring (bicyclic) bond motifs is 3. The van der Waals surface area contributed by atoms with Crippen LogP contribution in [-0.2, 0) is 33.8 Å². The van der Waals surface area contributed by atoms with E-state index >= 15 is 0 Å².